The van der Waals surface area contributed by atoms with Crippen molar-refractivity contribution in [2.24, 2.45) is 11.8 Å². The van der Waals surface area contributed by atoms with Crippen LogP contribution in [0.15, 0.2) is 30.5 Å². The number of hydrogen-bond donors (Lipinski definition) is 0. The molecule has 1 aromatic carbocycles. The molecule has 4 aliphatic rings. The molecule has 4 atom stereocenters. The third-order valence-corrected chi connectivity index (χ3v) is 6.94. The molecule has 1 aromatic heterocycles. The van der Waals surface area contributed by atoms with E-state index in [1.807, 2.05) is 35.1 Å². The van der Waals surface area contributed by atoms with E-state index in [2.05, 4.69) is 20.1 Å². The summed E-state index contributed by atoms with van der Waals surface area (Å²) in [6.07, 6.45) is 6.59. The second-order valence-electron chi connectivity index (χ2n) is 8.63. The fourth-order valence-corrected chi connectivity index (χ4v) is 5.28. The van der Waals surface area contributed by atoms with Gasteiger partial charge in [0.1, 0.15) is 11.4 Å². The highest BCUT2D eigenvalue weighted by atomic mass is 16.5. The summed E-state index contributed by atoms with van der Waals surface area (Å²) >= 11 is 0. The Balaban J connectivity index is 1.23. The summed E-state index contributed by atoms with van der Waals surface area (Å²) in [5.74, 6) is 1.95. The zero-order valence-electron chi connectivity index (χ0n) is 17.0. The van der Waals surface area contributed by atoms with Crippen LogP contribution in [0.25, 0.3) is 11.3 Å². The van der Waals surface area contributed by atoms with Crippen LogP contribution in [0.2, 0.25) is 0 Å². The molecule has 4 fully saturated rings. The second kappa shape index (κ2) is 7.78. The van der Waals surface area contributed by atoms with Gasteiger partial charge in [-0.1, -0.05) is 5.21 Å². The number of piperidine rings is 3. The highest BCUT2D eigenvalue weighted by Gasteiger charge is 2.44. The van der Waals surface area contributed by atoms with Crippen LogP contribution in [0.3, 0.4) is 0 Å². The van der Waals surface area contributed by atoms with Gasteiger partial charge in [-0.05, 0) is 62.4 Å². The monoisotopic (exact) mass is 395 g/mol. The lowest BCUT2D eigenvalue weighted by Crippen LogP contribution is -2.58. The Morgan fingerprint density at radius 1 is 1.17 bits per heavy atom. The predicted octanol–water partition coefficient (Wildman–Crippen LogP) is 2.29. The Kier molecular flexibility index (Phi) is 4.99. The van der Waals surface area contributed by atoms with Gasteiger partial charge in [0.15, 0.2) is 0 Å². The van der Waals surface area contributed by atoms with Crippen molar-refractivity contribution in [3.63, 3.8) is 0 Å². The highest BCUT2D eigenvalue weighted by molar-refractivity contribution is 5.80. The first-order valence-electron chi connectivity index (χ1n) is 10.8. The molecule has 154 valence electrons. The number of carbonyl (C=O) groups excluding carboxylic acids is 1. The molecule has 4 aliphatic heterocycles. The molecule has 1 unspecified atom stereocenters. The van der Waals surface area contributed by atoms with Crippen molar-refractivity contribution in [1.29, 1.82) is 0 Å². The van der Waals surface area contributed by atoms with E-state index in [1.165, 1.54) is 0 Å². The van der Waals surface area contributed by atoms with Gasteiger partial charge in [-0.3, -0.25) is 14.4 Å². The lowest BCUT2D eigenvalue weighted by atomic mass is 9.75. The van der Waals surface area contributed by atoms with Gasteiger partial charge in [0.25, 0.3) is 0 Å². The molecule has 2 aromatic rings. The summed E-state index contributed by atoms with van der Waals surface area (Å²) in [6, 6.07) is 8.35. The summed E-state index contributed by atoms with van der Waals surface area (Å²) < 4.78 is 7.18. The molecule has 1 amide bonds. The van der Waals surface area contributed by atoms with Crippen LogP contribution in [0, 0.1) is 11.8 Å². The number of hydrogen-bond acceptors (Lipinski definition) is 5. The molecule has 4 saturated heterocycles. The van der Waals surface area contributed by atoms with Gasteiger partial charge in [0.2, 0.25) is 5.91 Å². The van der Waals surface area contributed by atoms with Crippen LogP contribution in [-0.4, -0.2) is 70.0 Å². The third kappa shape index (κ3) is 3.64. The Labute approximate surface area is 171 Å². The molecule has 29 heavy (non-hydrogen) atoms. The number of rotatable bonds is 5. The van der Waals surface area contributed by atoms with Gasteiger partial charge in [0.05, 0.1) is 25.8 Å². The summed E-state index contributed by atoms with van der Waals surface area (Å²) in [5.41, 5.74) is 1.92. The Bertz CT molecular complexity index is 858. The molecule has 0 aliphatic carbocycles. The molecule has 6 rings (SSSR count). The minimum absolute atomic E-state index is 0.198. The smallest absolute Gasteiger partial charge is 0.227 e. The molecule has 0 N–H and O–H groups in total. The van der Waals surface area contributed by atoms with Crippen molar-refractivity contribution in [3.05, 3.63) is 30.5 Å². The first kappa shape index (κ1) is 18.6. The highest BCUT2D eigenvalue weighted by Crippen LogP contribution is 2.38. The Morgan fingerprint density at radius 2 is 1.97 bits per heavy atom. The van der Waals surface area contributed by atoms with Gasteiger partial charge < -0.3 is 9.64 Å². The summed E-state index contributed by atoms with van der Waals surface area (Å²) in [4.78, 5) is 17.5. The number of nitrogens with zero attached hydrogens (tertiary/aromatic N) is 5. The van der Waals surface area contributed by atoms with Gasteiger partial charge in [-0.15, -0.1) is 5.10 Å². The maximum Gasteiger partial charge on any atom is 0.227 e. The summed E-state index contributed by atoms with van der Waals surface area (Å²) in [7, 11) is 1.67. The second-order valence-corrected chi connectivity index (χ2v) is 8.63. The topological polar surface area (TPSA) is 63.5 Å². The third-order valence-electron chi connectivity index (χ3n) is 6.94. The minimum Gasteiger partial charge on any atom is -0.497 e. The van der Waals surface area contributed by atoms with Crippen molar-refractivity contribution < 1.29 is 9.53 Å². The summed E-state index contributed by atoms with van der Waals surface area (Å²) in [6.45, 7) is 4.76. The van der Waals surface area contributed by atoms with E-state index >= 15 is 0 Å². The largest absolute Gasteiger partial charge is 0.497 e. The number of amides is 1. The maximum absolute atomic E-state index is 12.9. The van der Waals surface area contributed by atoms with Crippen LogP contribution in [0.1, 0.15) is 25.7 Å². The van der Waals surface area contributed by atoms with Crippen molar-refractivity contribution >= 4 is 5.91 Å². The van der Waals surface area contributed by atoms with E-state index in [9.17, 15) is 4.79 Å². The van der Waals surface area contributed by atoms with Crippen molar-refractivity contribution in [2.45, 2.75) is 38.3 Å². The van der Waals surface area contributed by atoms with E-state index in [1.54, 1.807) is 7.11 Å². The number of fused-ring (bicyclic) bond motifs is 3. The van der Waals surface area contributed by atoms with E-state index in [-0.39, 0.29) is 5.92 Å². The first-order valence-corrected chi connectivity index (χ1v) is 10.8. The Morgan fingerprint density at radius 3 is 2.66 bits per heavy atom. The zero-order chi connectivity index (χ0) is 19.8. The summed E-state index contributed by atoms with van der Waals surface area (Å²) in [5, 5.41) is 8.72. The molecule has 0 saturated carbocycles. The van der Waals surface area contributed by atoms with Crippen LogP contribution in [-0.2, 0) is 11.3 Å². The van der Waals surface area contributed by atoms with E-state index < -0.39 is 0 Å². The fourth-order valence-electron chi connectivity index (χ4n) is 5.28. The molecule has 0 radical (unpaired) electrons. The number of aromatic nitrogens is 3. The van der Waals surface area contributed by atoms with Gasteiger partial charge >= 0.3 is 0 Å². The number of ether oxygens (including phenoxy) is 1. The molecule has 7 heteroatoms. The van der Waals surface area contributed by atoms with Crippen molar-refractivity contribution in [1.82, 2.24) is 24.8 Å². The fraction of sp³-hybridized carbons (Fsp3) is 0.591. The first-order chi connectivity index (χ1) is 14.2. The average Bonchev–Trinajstić information content (AvgIpc) is 3.46. The van der Waals surface area contributed by atoms with Crippen LogP contribution in [0.5, 0.6) is 5.75 Å². The van der Waals surface area contributed by atoms with E-state index in [0.717, 1.165) is 75.4 Å². The molecule has 2 bridgehead atoms. The lowest BCUT2D eigenvalue weighted by molar-refractivity contribution is -0.142. The number of carbonyl (C=O) groups is 1. The molecule has 0 spiro atoms. The average molecular weight is 396 g/mol. The number of benzene rings is 1. The predicted molar refractivity (Wildman–Crippen MR) is 109 cm³/mol. The SMILES string of the molecule is COc1ccc(-c2cn(C[C@H]3C[C@@H]4CCN3C[C@@H]4C(=O)N3CCCC3)nn2)cc1. The number of methoxy groups -OCH3 is 1. The normalized spacial score (nSPS) is 28.7. The van der Waals surface area contributed by atoms with E-state index in [0.29, 0.717) is 17.9 Å². The Hall–Kier alpha value is -2.41. The van der Waals surface area contributed by atoms with Crippen molar-refractivity contribution in [3.8, 4) is 17.0 Å². The molecular formula is C22H29N5O2. The van der Waals surface area contributed by atoms with Gasteiger partial charge in [-0.25, -0.2) is 0 Å². The molecular weight excluding hydrogens is 366 g/mol. The number of likely N-dealkylation sites (tertiary alicyclic amines) is 1. The lowest BCUT2D eigenvalue weighted by Gasteiger charge is -2.49. The maximum atomic E-state index is 12.9. The molecule has 5 heterocycles. The van der Waals surface area contributed by atoms with Gasteiger partial charge in [-0.2, -0.15) is 0 Å². The zero-order valence-corrected chi connectivity index (χ0v) is 17.0. The molecule has 7 nitrogen and oxygen atoms in total. The van der Waals surface area contributed by atoms with Crippen molar-refractivity contribution in [2.75, 3.05) is 33.3 Å². The minimum atomic E-state index is 0.198. The van der Waals surface area contributed by atoms with Crippen LogP contribution >= 0.6 is 0 Å². The van der Waals surface area contributed by atoms with Crippen LogP contribution < -0.4 is 4.74 Å². The van der Waals surface area contributed by atoms with Gasteiger partial charge in [0, 0.05) is 31.2 Å². The van der Waals surface area contributed by atoms with E-state index in [4.69, 9.17) is 4.74 Å². The van der Waals surface area contributed by atoms with Crippen LogP contribution in [0.4, 0.5) is 0 Å². The quantitative estimate of drug-likeness (QED) is 0.777. The standard InChI is InChI=1S/C22H29N5O2/c1-29-19-6-4-16(5-7-19)21-15-27(24-23-21)13-18-12-17-8-11-26(18)14-20(17)22(28)25-9-2-3-10-25/h4-7,15,17-18,20H,2-3,8-14H2,1H3/t17-,18+,20-/m0/s1.